The van der Waals surface area contributed by atoms with Crippen LogP contribution in [-0.4, -0.2) is 16.6 Å². The summed E-state index contributed by atoms with van der Waals surface area (Å²) in [4.78, 5) is 5.59. The molecule has 1 fully saturated rings. The molecule has 0 radical (unpaired) electrons. The quantitative estimate of drug-likeness (QED) is 0.856. The first-order valence-corrected chi connectivity index (χ1v) is 6.63. The average Bonchev–Trinajstić information content (AvgIpc) is 3.00. The zero-order valence-corrected chi connectivity index (χ0v) is 10.2. The molecule has 0 unspecified atom stereocenters. The molecule has 0 spiro atoms. The Bertz CT molecular complexity index is 518. The highest BCUT2D eigenvalue weighted by atomic mass is 32.1. The Morgan fingerprint density at radius 1 is 1.41 bits per heavy atom. The molecule has 88 valence electrons. The number of hydrogen-bond acceptors (Lipinski definition) is 4. The number of rotatable bonds is 2. The molecule has 3 rings (SSSR count). The summed E-state index contributed by atoms with van der Waals surface area (Å²) in [5.41, 5.74) is 1.03. The van der Waals surface area contributed by atoms with Gasteiger partial charge < -0.3 is 10.4 Å². The maximum Gasteiger partial charge on any atom is 0.116 e. The Kier molecular flexibility index (Phi) is 2.82. The van der Waals surface area contributed by atoms with Crippen LogP contribution in [0.3, 0.4) is 0 Å². The minimum absolute atomic E-state index is 0.302. The Hall–Kier alpha value is -1.39. The fourth-order valence-electron chi connectivity index (χ4n) is 2.14. The molecule has 2 N–H and O–H groups in total. The van der Waals surface area contributed by atoms with Gasteiger partial charge in [-0.15, -0.1) is 11.3 Å². The van der Waals surface area contributed by atoms with Crippen LogP contribution in [0.1, 0.15) is 23.9 Å². The first-order chi connectivity index (χ1) is 8.33. The average molecular weight is 246 g/mol. The number of thiazole rings is 1. The van der Waals surface area contributed by atoms with E-state index >= 15 is 0 Å². The van der Waals surface area contributed by atoms with Gasteiger partial charge in [-0.05, 0) is 37.1 Å². The Labute approximate surface area is 104 Å². The molecule has 1 aliphatic heterocycles. The van der Waals surface area contributed by atoms with Crippen molar-refractivity contribution in [2.45, 2.75) is 18.9 Å². The van der Waals surface area contributed by atoms with E-state index in [-0.39, 0.29) is 0 Å². The Morgan fingerprint density at radius 2 is 2.35 bits per heavy atom. The van der Waals surface area contributed by atoms with Gasteiger partial charge in [0.2, 0.25) is 0 Å². The van der Waals surface area contributed by atoms with Crippen LogP contribution in [0.2, 0.25) is 0 Å². The fraction of sp³-hybridized carbons (Fsp3) is 0.308. The fourth-order valence-corrected chi connectivity index (χ4v) is 3.16. The number of hydrogen-bond donors (Lipinski definition) is 2. The molecule has 0 amide bonds. The van der Waals surface area contributed by atoms with Crippen molar-refractivity contribution in [2.24, 2.45) is 0 Å². The topological polar surface area (TPSA) is 45.2 Å². The Balaban J connectivity index is 1.89. The van der Waals surface area contributed by atoms with Crippen molar-refractivity contribution in [1.82, 2.24) is 10.3 Å². The van der Waals surface area contributed by atoms with Crippen LogP contribution < -0.4 is 5.32 Å². The zero-order valence-electron chi connectivity index (χ0n) is 9.39. The molecule has 2 aromatic rings. The Morgan fingerprint density at radius 3 is 3.12 bits per heavy atom. The summed E-state index contributed by atoms with van der Waals surface area (Å²) in [6, 6.07) is 7.74. The predicted octanol–water partition coefficient (Wildman–Crippen LogP) is 2.94. The second kappa shape index (κ2) is 4.47. The molecule has 1 saturated heterocycles. The summed E-state index contributed by atoms with van der Waals surface area (Å²) >= 11 is 1.71. The van der Waals surface area contributed by atoms with E-state index in [1.165, 1.54) is 12.8 Å². The lowest BCUT2D eigenvalue weighted by Crippen LogP contribution is -2.12. The lowest BCUT2D eigenvalue weighted by Gasteiger charge is -2.04. The molecule has 3 nitrogen and oxygen atoms in total. The van der Waals surface area contributed by atoms with Gasteiger partial charge in [0.05, 0.1) is 10.9 Å². The number of nitrogens with zero attached hydrogens (tertiary/aromatic N) is 1. The van der Waals surface area contributed by atoms with E-state index in [4.69, 9.17) is 0 Å². The number of aromatic nitrogens is 1. The van der Waals surface area contributed by atoms with Gasteiger partial charge in [0.25, 0.3) is 0 Å². The number of nitrogens with one attached hydrogen (secondary N) is 1. The molecule has 4 heteroatoms. The van der Waals surface area contributed by atoms with Gasteiger partial charge in [0.15, 0.2) is 0 Å². The van der Waals surface area contributed by atoms with Crippen LogP contribution in [0.4, 0.5) is 0 Å². The van der Waals surface area contributed by atoms with E-state index < -0.39 is 0 Å². The van der Waals surface area contributed by atoms with Crippen LogP contribution in [-0.2, 0) is 0 Å². The SMILES string of the molecule is Oc1cccc(-c2cnc([C@@H]3CCCN3)s2)c1. The normalized spacial score (nSPS) is 19.6. The molecule has 0 aliphatic carbocycles. The van der Waals surface area contributed by atoms with Gasteiger partial charge >= 0.3 is 0 Å². The van der Waals surface area contributed by atoms with Gasteiger partial charge in [-0.3, -0.25) is 0 Å². The molecule has 1 aromatic heterocycles. The van der Waals surface area contributed by atoms with Gasteiger partial charge in [-0.25, -0.2) is 4.98 Å². The highest BCUT2D eigenvalue weighted by molar-refractivity contribution is 7.15. The summed E-state index contributed by atoms with van der Waals surface area (Å²) in [6.07, 6.45) is 4.30. The largest absolute Gasteiger partial charge is 0.508 e. The third kappa shape index (κ3) is 2.18. The number of aromatic hydroxyl groups is 1. The van der Waals surface area contributed by atoms with E-state index in [1.54, 1.807) is 23.5 Å². The maximum atomic E-state index is 9.46. The second-order valence-corrected chi connectivity index (χ2v) is 5.32. The highest BCUT2D eigenvalue weighted by Crippen LogP contribution is 2.33. The summed E-state index contributed by atoms with van der Waals surface area (Å²) in [5.74, 6) is 0.302. The summed E-state index contributed by atoms with van der Waals surface area (Å²) < 4.78 is 0. The lowest BCUT2D eigenvalue weighted by atomic mass is 10.2. The van der Waals surface area contributed by atoms with E-state index in [1.807, 2.05) is 18.3 Å². The van der Waals surface area contributed by atoms with Crippen LogP contribution in [0, 0.1) is 0 Å². The molecule has 17 heavy (non-hydrogen) atoms. The zero-order chi connectivity index (χ0) is 11.7. The van der Waals surface area contributed by atoms with Crippen molar-refractivity contribution in [3.63, 3.8) is 0 Å². The number of phenols is 1. The highest BCUT2D eigenvalue weighted by Gasteiger charge is 2.19. The standard InChI is InChI=1S/C13H14N2OS/c16-10-4-1-3-9(7-10)12-8-15-13(17-12)11-5-2-6-14-11/h1,3-4,7-8,11,14,16H,2,5-6H2/t11-/m0/s1. The monoisotopic (exact) mass is 246 g/mol. The van der Waals surface area contributed by atoms with Crippen molar-refractivity contribution in [2.75, 3.05) is 6.54 Å². The molecule has 0 bridgehead atoms. The van der Waals surface area contributed by atoms with Crippen molar-refractivity contribution >= 4 is 11.3 Å². The molecule has 1 aliphatic rings. The third-order valence-corrected chi connectivity index (χ3v) is 4.17. The molecule has 2 heterocycles. The van der Waals surface area contributed by atoms with Crippen molar-refractivity contribution in [3.8, 4) is 16.2 Å². The summed E-state index contributed by atoms with van der Waals surface area (Å²) in [7, 11) is 0. The van der Waals surface area contributed by atoms with Crippen LogP contribution in [0.25, 0.3) is 10.4 Å². The molecular formula is C13H14N2OS. The van der Waals surface area contributed by atoms with Crippen molar-refractivity contribution in [1.29, 1.82) is 0 Å². The second-order valence-electron chi connectivity index (χ2n) is 4.26. The van der Waals surface area contributed by atoms with Gasteiger partial charge in [0.1, 0.15) is 10.8 Å². The van der Waals surface area contributed by atoms with Gasteiger partial charge in [0, 0.05) is 6.20 Å². The smallest absolute Gasteiger partial charge is 0.116 e. The first kappa shape index (κ1) is 10.7. The van der Waals surface area contributed by atoms with Crippen LogP contribution in [0.15, 0.2) is 30.5 Å². The third-order valence-electron chi connectivity index (χ3n) is 3.01. The molecular weight excluding hydrogens is 232 g/mol. The van der Waals surface area contributed by atoms with E-state index in [0.29, 0.717) is 11.8 Å². The first-order valence-electron chi connectivity index (χ1n) is 5.81. The lowest BCUT2D eigenvalue weighted by molar-refractivity contribution is 0.475. The predicted molar refractivity (Wildman–Crippen MR) is 69.2 cm³/mol. The summed E-state index contributed by atoms with van der Waals surface area (Å²) in [6.45, 7) is 1.09. The minimum atomic E-state index is 0.302. The number of phenolic OH excluding ortho intramolecular Hbond substituents is 1. The van der Waals surface area contributed by atoms with E-state index in [9.17, 15) is 5.11 Å². The van der Waals surface area contributed by atoms with Gasteiger partial charge in [-0.2, -0.15) is 0 Å². The van der Waals surface area contributed by atoms with Crippen molar-refractivity contribution in [3.05, 3.63) is 35.5 Å². The summed E-state index contributed by atoms with van der Waals surface area (Å²) in [5, 5.41) is 14.1. The molecule has 0 saturated carbocycles. The maximum absolute atomic E-state index is 9.46. The van der Waals surface area contributed by atoms with E-state index in [2.05, 4.69) is 10.3 Å². The molecule has 1 atom stereocenters. The number of benzene rings is 1. The van der Waals surface area contributed by atoms with Crippen LogP contribution >= 0.6 is 11.3 Å². The van der Waals surface area contributed by atoms with Crippen molar-refractivity contribution < 1.29 is 5.11 Å². The van der Waals surface area contributed by atoms with Gasteiger partial charge in [-0.1, -0.05) is 12.1 Å². The van der Waals surface area contributed by atoms with E-state index in [0.717, 1.165) is 22.0 Å². The molecule has 1 aromatic carbocycles. The van der Waals surface area contributed by atoms with Crippen LogP contribution in [0.5, 0.6) is 5.75 Å². The minimum Gasteiger partial charge on any atom is -0.508 e.